The van der Waals surface area contributed by atoms with Crippen LogP contribution >= 0.6 is 34.8 Å². The van der Waals surface area contributed by atoms with E-state index in [-0.39, 0.29) is 32.3 Å². The summed E-state index contributed by atoms with van der Waals surface area (Å²) in [6.45, 7) is 2.13. The second-order valence-corrected chi connectivity index (χ2v) is 8.58. The Labute approximate surface area is 191 Å². The van der Waals surface area contributed by atoms with Crippen LogP contribution in [0.4, 0.5) is 0 Å². The summed E-state index contributed by atoms with van der Waals surface area (Å²) in [5.74, 6) is -0.0129. The van der Waals surface area contributed by atoms with Gasteiger partial charge in [-0.1, -0.05) is 79.2 Å². The van der Waals surface area contributed by atoms with Gasteiger partial charge in [-0.3, -0.25) is 0 Å². The molecule has 3 rings (SSSR count). The molecule has 0 atom stereocenters. The third-order valence-electron chi connectivity index (χ3n) is 5.48. The minimum atomic E-state index is -0.707. The van der Waals surface area contributed by atoms with E-state index in [0.717, 1.165) is 36.0 Å². The number of hydrogen-bond donors (Lipinski definition) is 3. The van der Waals surface area contributed by atoms with Crippen molar-refractivity contribution in [3.05, 3.63) is 86.4 Å². The van der Waals surface area contributed by atoms with Gasteiger partial charge in [0.2, 0.25) is 0 Å². The zero-order chi connectivity index (χ0) is 21.9. The highest BCUT2D eigenvalue weighted by Gasteiger charge is 2.37. The van der Waals surface area contributed by atoms with E-state index in [1.807, 2.05) is 18.2 Å². The molecule has 3 aromatic rings. The molecule has 30 heavy (non-hydrogen) atoms. The second-order valence-electron chi connectivity index (χ2n) is 7.36. The van der Waals surface area contributed by atoms with Crippen LogP contribution in [0.15, 0.2) is 54.6 Å². The molecule has 6 heteroatoms. The number of aromatic hydroxyl groups is 3. The number of rotatable bonds is 7. The first-order valence-electron chi connectivity index (χ1n) is 9.76. The van der Waals surface area contributed by atoms with Crippen molar-refractivity contribution in [2.24, 2.45) is 0 Å². The molecule has 0 aliphatic heterocycles. The highest BCUT2D eigenvalue weighted by molar-refractivity contribution is 6.32. The standard InChI is InChI=1S/C24H23Cl3O3/c1-2-3-4-11-24(15-5-8-21(28)18(25)12-15,16-6-9-22(29)19(26)13-16)17-7-10-23(30)20(27)14-17/h5-10,12-14,28-30H,2-4,11H2,1H3. The molecule has 3 N–H and O–H groups in total. The fourth-order valence-electron chi connectivity index (χ4n) is 3.89. The van der Waals surface area contributed by atoms with Gasteiger partial charge in [0, 0.05) is 5.41 Å². The van der Waals surface area contributed by atoms with Crippen LogP contribution in [0.1, 0.15) is 49.3 Å². The zero-order valence-electron chi connectivity index (χ0n) is 16.5. The van der Waals surface area contributed by atoms with Crippen LogP contribution in [0.25, 0.3) is 0 Å². The lowest BCUT2D eigenvalue weighted by molar-refractivity contribution is 0.469. The topological polar surface area (TPSA) is 60.7 Å². The van der Waals surface area contributed by atoms with Crippen molar-refractivity contribution < 1.29 is 15.3 Å². The SMILES string of the molecule is CCCCCC(c1ccc(O)c(Cl)c1)(c1ccc(O)c(Cl)c1)c1ccc(O)c(Cl)c1. The van der Waals surface area contributed by atoms with Gasteiger partial charge in [0.15, 0.2) is 0 Å². The number of phenolic OH excluding ortho intramolecular Hbond substituents is 3. The van der Waals surface area contributed by atoms with Gasteiger partial charge in [-0.2, -0.15) is 0 Å². The quantitative estimate of drug-likeness (QED) is 0.248. The molecule has 0 heterocycles. The Morgan fingerprint density at radius 1 is 0.633 bits per heavy atom. The lowest BCUT2D eigenvalue weighted by Crippen LogP contribution is -2.29. The van der Waals surface area contributed by atoms with Crippen LogP contribution in [0.5, 0.6) is 17.2 Å². The molecule has 0 amide bonds. The van der Waals surface area contributed by atoms with Crippen molar-refractivity contribution in [2.45, 2.75) is 38.0 Å². The van der Waals surface area contributed by atoms with E-state index in [4.69, 9.17) is 34.8 Å². The summed E-state index contributed by atoms with van der Waals surface area (Å²) >= 11 is 18.9. The molecule has 0 aromatic heterocycles. The van der Waals surface area contributed by atoms with E-state index in [2.05, 4.69) is 6.92 Å². The number of phenols is 3. The lowest BCUT2D eigenvalue weighted by Gasteiger charge is -2.37. The summed E-state index contributed by atoms with van der Waals surface area (Å²) in [6.07, 6.45) is 3.68. The molecule has 3 aromatic carbocycles. The van der Waals surface area contributed by atoms with Crippen molar-refractivity contribution in [3.63, 3.8) is 0 Å². The third-order valence-corrected chi connectivity index (χ3v) is 6.38. The average Bonchev–Trinajstić information content (AvgIpc) is 2.72. The molecule has 0 saturated heterocycles. The highest BCUT2D eigenvalue weighted by atomic mass is 35.5. The van der Waals surface area contributed by atoms with Gasteiger partial charge in [0.05, 0.1) is 15.1 Å². The van der Waals surface area contributed by atoms with Gasteiger partial charge in [-0.15, -0.1) is 0 Å². The third kappa shape index (κ3) is 4.34. The van der Waals surface area contributed by atoms with Gasteiger partial charge >= 0.3 is 0 Å². The monoisotopic (exact) mass is 464 g/mol. The predicted octanol–water partition coefficient (Wildman–Crippen LogP) is 7.68. The van der Waals surface area contributed by atoms with Crippen LogP contribution in [-0.4, -0.2) is 15.3 Å². The fraction of sp³-hybridized carbons (Fsp3) is 0.250. The molecule has 0 aliphatic rings. The molecule has 0 aliphatic carbocycles. The fourth-order valence-corrected chi connectivity index (χ4v) is 4.43. The maximum Gasteiger partial charge on any atom is 0.134 e. The Bertz CT molecular complexity index is 925. The molecule has 0 fully saturated rings. The summed E-state index contributed by atoms with van der Waals surface area (Å²) in [5.41, 5.74) is 1.85. The Hall–Kier alpha value is -2.07. The molecule has 0 spiro atoms. The molecular formula is C24H23Cl3O3. The van der Waals surface area contributed by atoms with E-state index in [9.17, 15) is 15.3 Å². The first-order valence-corrected chi connectivity index (χ1v) is 10.9. The highest BCUT2D eigenvalue weighted by Crippen LogP contribution is 2.47. The summed E-state index contributed by atoms with van der Waals surface area (Å²) in [4.78, 5) is 0. The lowest BCUT2D eigenvalue weighted by atomic mass is 9.66. The van der Waals surface area contributed by atoms with Crippen molar-refractivity contribution >= 4 is 34.8 Å². The summed E-state index contributed by atoms with van der Waals surface area (Å²) < 4.78 is 0. The smallest absolute Gasteiger partial charge is 0.134 e. The van der Waals surface area contributed by atoms with Crippen LogP contribution in [0.3, 0.4) is 0 Å². The Kier molecular flexibility index (Phi) is 7.07. The normalized spacial score (nSPS) is 11.6. The molecule has 0 radical (unpaired) electrons. The van der Waals surface area contributed by atoms with Gasteiger partial charge in [0.1, 0.15) is 17.2 Å². The predicted molar refractivity (Wildman–Crippen MR) is 123 cm³/mol. The van der Waals surface area contributed by atoms with Crippen molar-refractivity contribution in [2.75, 3.05) is 0 Å². The second kappa shape index (κ2) is 9.38. The molecule has 0 saturated carbocycles. The number of benzene rings is 3. The van der Waals surface area contributed by atoms with Crippen LogP contribution in [0, 0.1) is 0 Å². The van der Waals surface area contributed by atoms with E-state index in [1.54, 1.807) is 36.4 Å². The van der Waals surface area contributed by atoms with Gasteiger partial charge in [0.25, 0.3) is 0 Å². The summed E-state index contributed by atoms with van der Waals surface area (Å²) in [5, 5.41) is 30.7. The Balaban J connectivity index is 2.35. The first-order chi connectivity index (χ1) is 14.3. The molecule has 158 valence electrons. The maximum absolute atomic E-state index is 9.99. The zero-order valence-corrected chi connectivity index (χ0v) is 18.8. The number of hydrogen-bond acceptors (Lipinski definition) is 3. The summed E-state index contributed by atoms with van der Waals surface area (Å²) in [7, 11) is 0. The molecule has 0 unspecified atom stereocenters. The van der Waals surface area contributed by atoms with Gasteiger partial charge in [-0.25, -0.2) is 0 Å². The van der Waals surface area contributed by atoms with Gasteiger partial charge in [-0.05, 0) is 59.5 Å². The molecule has 3 nitrogen and oxygen atoms in total. The van der Waals surface area contributed by atoms with Crippen LogP contribution < -0.4 is 0 Å². The summed E-state index contributed by atoms with van der Waals surface area (Å²) in [6, 6.07) is 15.4. The Morgan fingerprint density at radius 3 is 1.30 bits per heavy atom. The minimum Gasteiger partial charge on any atom is -0.506 e. The minimum absolute atomic E-state index is 0.00430. The molecular weight excluding hydrogens is 443 g/mol. The van der Waals surface area contributed by atoms with Crippen LogP contribution in [-0.2, 0) is 5.41 Å². The maximum atomic E-state index is 9.99. The number of halogens is 3. The number of unbranched alkanes of at least 4 members (excludes halogenated alkanes) is 2. The van der Waals surface area contributed by atoms with Gasteiger partial charge < -0.3 is 15.3 Å². The van der Waals surface area contributed by atoms with Crippen molar-refractivity contribution in [1.29, 1.82) is 0 Å². The molecule has 0 bridgehead atoms. The van der Waals surface area contributed by atoms with Crippen molar-refractivity contribution in [3.8, 4) is 17.2 Å². The van der Waals surface area contributed by atoms with E-state index < -0.39 is 5.41 Å². The van der Waals surface area contributed by atoms with E-state index >= 15 is 0 Å². The van der Waals surface area contributed by atoms with E-state index in [0.29, 0.717) is 6.42 Å². The van der Waals surface area contributed by atoms with Crippen molar-refractivity contribution in [1.82, 2.24) is 0 Å². The van der Waals surface area contributed by atoms with Crippen LogP contribution in [0.2, 0.25) is 15.1 Å². The average molecular weight is 466 g/mol. The first kappa shape index (κ1) is 22.6. The largest absolute Gasteiger partial charge is 0.506 e. The Morgan fingerprint density at radius 2 is 1.00 bits per heavy atom. The van der Waals surface area contributed by atoms with E-state index in [1.165, 1.54) is 0 Å².